The summed E-state index contributed by atoms with van der Waals surface area (Å²) in [6, 6.07) is 12.0. The lowest BCUT2D eigenvalue weighted by molar-refractivity contribution is -0.145. The molecule has 1 heterocycles. The van der Waals surface area contributed by atoms with Gasteiger partial charge < -0.3 is 14.4 Å². The van der Waals surface area contributed by atoms with E-state index in [0.717, 1.165) is 15.2 Å². The Morgan fingerprint density at radius 1 is 1.22 bits per heavy atom. The summed E-state index contributed by atoms with van der Waals surface area (Å²) in [5, 5.41) is 2.21. The Morgan fingerprint density at radius 3 is 2.65 bits per heavy atom. The summed E-state index contributed by atoms with van der Waals surface area (Å²) in [6.45, 7) is 5.24. The van der Waals surface area contributed by atoms with Crippen molar-refractivity contribution in [3.8, 4) is 5.75 Å². The van der Waals surface area contributed by atoms with E-state index in [4.69, 9.17) is 9.47 Å². The van der Waals surface area contributed by atoms with Gasteiger partial charge in [0, 0.05) is 13.1 Å². The van der Waals surface area contributed by atoms with E-state index in [1.54, 1.807) is 0 Å². The van der Waals surface area contributed by atoms with Crippen LogP contribution < -0.4 is 4.74 Å². The maximum Gasteiger partial charge on any atom is 0.260 e. The number of hydrogen-bond donors (Lipinski definition) is 0. The van der Waals surface area contributed by atoms with Crippen molar-refractivity contribution in [3.63, 3.8) is 0 Å². The van der Waals surface area contributed by atoms with E-state index in [9.17, 15) is 4.79 Å². The van der Waals surface area contributed by atoms with Crippen LogP contribution in [-0.4, -0.2) is 42.7 Å². The van der Waals surface area contributed by atoms with Crippen LogP contribution in [0, 0.1) is 0 Å². The number of ether oxygens (including phenoxy) is 2. The summed E-state index contributed by atoms with van der Waals surface area (Å²) >= 11 is 3.58. The third-order valence-corrected chi connectivity index (χ3v) is 4.77. The maximum absolute atomic E-state index is 12.4. The lowest BCUT2D eigenvalue weighted by Crippen LogP contribution is -2.49. The van der Waals surface area contributed by atoms with Crippen molar-refractivity contribution in [1.82, 2.24) is 4.90 Å². The standard InChI is InChI=1S/C18H20BrNO3/c1-12-9-20(10-13(2)23-12)17(21)11-22-16-8-7-14-5-3-4-6-15(14)18(16)19/h3-8,12-13H,9-11H2,1-2H3/t12-,13-/m0/s1. The largest absolute Gasteiger partial charge is 0.483 e. The first-order chi connectivity index (χ1) is 11.0. The second kappa shape index (κ2) is 6.89. The number of carbonyl (C=O) groups excluding carboxylic acids is 1. The van der Waals surface area contributed by atoms with Crippen LogP contribution in [0.25, 0.3) is 10.8 Å². The minimum absolute atomic E-state index is 0.00735. The highest BCUT2D eigenvalue weighted by atomic mass is 79.9. The zero-order valence-corrected chi connectivity index (χ0v) is 14.9. The van der Waals surface area contributed by atoms with Crippen molar-refractivity contribution >= 4 is 32.6 Å². The first-order valence-electron chi connectivity index (χ1n) is 7.78. The van der Waals surface area contributed by atoms with Gasteiger partial charge in [0.2, 0.25) is 0 Å². The van der Waals surface area contributed by atoms with E-state index >= 15 is 0 Å². The Balaban J connectivity index is 1.68. The first kappa shape index (κ1) is 16.3. The summed E-state index contributed by atoms with van der Waals surface area (Å²) in [5.74, 6) is 0.679. The molecule has 2 aromatic carbocycles. The summed E-state index contributed by atoms with van der Waals surface area (Å²) in [4.78, 5) is 14.2. The molecule has 122 valence electrons. The molecule has 3 rings (SSSR count). The molecule has 0 aromatic heterocycles. The minimum Gasteiger partial charge on any atom is -0.483 e. The molecule has 0 N–H and O–H groups in total. The van der Waals surface area contributed by atoms with Crippen molar-refractivity contribution < 1.29 is 14.3 Å². The molecule has 23 heavy (non-hydrogen) atoms. The number of halogens is 1. The van der Waals surface area contributed by atoms with Crippen LogP contribution in [0.5, 0.6) is 5.75 Å². The number of benzene rings is 2. The van der Waals surface area contributed by atoms with Crippen molar-refractivity contribution in [3.05, 3.63) is 40.9 Å². The monoisotopic (exact) mass is 377 g/mol. The molecule has 2 atom stereocenters. The van der Waals surface area contributed by atoms with Gasteiger partial charge in [-0.25, -0.2) is 0 Å². The van der Waals surface area contributed by atoms with Gasteiger partial charge >= 0.3 is 0 Å². The highest BCUT2D eigenvalue weighted by molar-refractivity contribution is 9.10. The fraction of sp³-hybridized carbons (Fsp3) is 0.389. The zero-order valence-electron chi connectivity index (χ0n) is 13.3. The van der Waals surface area contributed by atoms with Crippen LogP contribution >= 0.6 is 15.9 Å². The van der Waals surface area contributed by atoms with Crippen LogP contribution in [0.2, 0.25) is 0 Å². The van der Waals surface area contributed by atoms with E-state index in [0.29, 0.717) is 18.8 Å². The van der Waals surface area contributed by atoms with Gasteiger partial charge in [-0.2, -0.15) is 0 Å². The number of carbonyl (C=O) groups is 1. The fourth-order valence-corrected chi connectivity index (χ4v) is 3.55. The predicted octanol–water partition coefficient (Wildman–Crippen LogP) is 3.62. The van der Waals surface area contributed by atoms with Gasteiger partial charge in [-0.15, -0.1) is 0 Å². The molecule has 0 bridgehead atoms. The van der Waals surface area contributed by atoms with Crippen LogP contribution in [0.15, 0.2) is 40.9 Å². The Morgan fingerprint density at radius 2 is 1.91 bits per heavy atom. The summed E-state index contributed by atoms with van der Waals surface area (Å²) in [6.07, 6.45) is 0.130. The van der Waals surface area contributed by atoms with E-state index in [-0.39, 0.29) is 24.7 Å². The average molecular weight is 378 g/mol. The normalized spacial score (nSPS) is 21.4. The Labute approximate surface area is 144 Å². The molecule has 0 saturated carbocycles. The lowest BCUT2D eigenvalue weighted by Gasteiger charge is -2.35. The number of amides is 1. The molecular formula is C18H20BrNO3. The van der Waals surface area contributed by atoms with Gasteiger partial charge in [0.25, 0.3) is 5.91 Å². The SMILES string of the molecule is C[C@H]1CN(C(=O)COc2ccc3ccccc3c2Br)C[C@H](C)O1. The third kappa shape index (κ3) is 3.67. The van der Waals surface area contributed by atoms with Gasteiger partial charge in [0.1, 0.15) is 5.75 Å². The lowest BCUT2D eigenvalue weighted by atomic mass is 10.1. The van der Waals surface area contributed by atoms with E-state index < -0.39 is 0 Å². The molecule has 5 heteroatoms. The average Bonchev–Trinajstić information content (AvgIpc) is 2.53. The van der Waals surface area contributed by atoms with E-state index in [1.165, 1.54) is 0 Å². The molecule has 0 unspecified atom stereocenters. The quantitative estimate of drug-likeness (QED) is 0.819. The highest BCUT2D eigenvalue weighted by Gasteiger charge is 2.26. The molecule has 1 fully saturated rings. The maximum atomic E-state index is 12.4. The number of hydrogen-bond acceptors (Lipinski definition) is 3. The van der Waals surface area contributed by atoms with Crippen molar-refractivity contribution in [1.29, 1.82) is 0 Å². The predicted molar refractivity (Wildman–Crippen MR) is 93.7 cm³/mol. The van der Waals surface area contributed by atoms with Crippen LogP contribution in [0.1, 0.15) is 13.8 Å². The van der Waals surface area contributed by atoms with E-state index in [2.05, 4.69) is 15.9 Å². The van der Waals surface area contributed by atoms with Gasteiger partial charge in [0.15, 0.2) is 6.61 Å². The van der Waals surface area contributed by atoms with Gasteiger partial charge in [-0.1, -0.05) is 30.3 Å². The summed E-state index contributed by atoms with van der Waals surface area (Å²) in [7, 11) is 0. The Bertz CT molecular complexity index is 708. The van der Waals surface area contributed by atoms with Crippen LogP contribution in [-0.2, 0) is 9.53 Å². The Hall–Kier alpha value is -1.59. The number of fused-ring (bicyclic) bond motifs is 1. The Kier molecular flexibility index (Phi) is 4.87. The second-order valence-corrected chi connectivity index (χ2v) is 6.74. The van der Waals surface area contributed by atoms with Crippen LogP contribution in [0.4, 0.5) is 0 Å². The number of morpholine rings is 1. The summed E-state index contributed by atoms with van der Waals surface area (Å²) in [5.41, 5.74) is 0. The topological polar surface area (TPSA) is 38.8 Å². The van der Waals surface area contributed by atoms with Crippen molar-refractivity contribution in [2.45, 2.75) is 26.1 Å². The number of rotatable bonds is 3. The summed E-state index contributed by atoms with van der Waals surface area (Å²) < 4.78 is 12.3. The third-order valence-electron chi connectivity index (χ3n) is 3.95. The molecule has 0 spiro atoms. The molecule has 0 aliphatic carbocycles. The first-order valence-corrected chi connectivity index (χ1v) is 8.57. The molecule has 4 nitrogen and oxygen atoms in total. The van der Waals surface area contributed by atoms with E-state index in [1.807, 2.05) is 55.1 Å². The number of nitrogens with zero attached hydrogens (tertiary/aromatic N) is 1. The smallest absolute Gasteiger partial charge is 0.260 e. The molecule has 1 aliphatic heterocycles. The minimum atomic E-state index is -0.00735. The molecule has 1 saturated heterocycles. The fourth-order valence-electron chi connectivity index (χ4n) is 2.94. The highest BCUT2D eigenvalue weighted by Crippen LogP contribution is 2.33. The van der Waals surface area contributed by atoms with Crippen molar-refractivity contribution in [2.75, 3.05) is 19.7 Å². The molecule has 0 radical (unpaired) electrons. The van der Waals surface area contributed by atoms with Gasteiger partial charge in [-0.05, 0) is 46.6 Å². The molecule has 1 aliphatic rings. The van der Waals surface area contributed by atoms with Gasteiger partial charge in [-0.3, -0.25) is 4.79 Å². The zero-order chi connectivity index (χ0) is 16.4. The second-order valence-electron chi connectivity index (χ2n) is 5.94. The van der Waals surface area contributed by atoms with Gasteiger partial charge in [0.05, 0.1) is 16.7 Å². The van der Waals surface area contributed by atoms with Crippen molar-refractivity contribution in [2.24, 2.45) is 0 Å². The molecule has 2 aromatic rings. The molecular weight excluding hydrogens is 358 g/mol. The molecule has 1 amide bonds. The van der Waals surface area contributed by atoms with Crippen LogP contribution in [0.3, 0.4) is 0 Å².